The third-order valence-electron chi connectivity index (χ3n) is 12.8. The van der Waals surface area contributed by atoms with Gasteiger partial charge in [0.2, 0.25) is 0 Å². The Labute approximate surface area is 392 Å². The van der Waals surface area contributed by atoms with E-state index in [4.69, 9.17) is 14.2 Å². The molecule has 0 N–H and O–H groups in total. The smallest absolute Gasteiger partial charge is 0.306 e. The number of allylic oxidation sites excluding steroid dienone is 2. The fourth-order valence-corrected chi connectivity index (χ4v) is 8.50. The van der Waals surface area contributed by atoms with E-state index in [0.29, 0.717) is 19.3 Å². The van der Waals surface area contributed by atoms with E-state index >= 15 is 0 Å². The number of ether oxygens (including phenoxy) is 3. The van der Waals surface area contributed by atoms with E-state index in [1.807, 2.05) is 0 Å². The summed E-state index contributed by atoms with van der Waals surface area (Å²) in [5.41, 5.74) is 0. The Balaban J connectivity index is 4.31. The number of hydrogen-bond donors (Lipinski definition) is 0. The summed E-state index contributed by atoms with van der Waals surface area (Å²) in [6.45, 7) is 6.68. The van der Waals surface area contributed by atoms with Crippen LogP contribution in [0.25, 0.3) is 0 Å². The van der Waals surface area contributed by atoms with Crippen LogP contribution in [-0.2, 0) is 28.6 Å². The van der Waals surface area contributed by atoms with E-state index in [0.717, 1.165) is 64.2 Å². The quantitative estimate of drug-likeness (QED) is 0.0262. The Hall–Kier alpha value is -1.85. The minimum atomic E-state index is -0.768. The van der Waals surface area contributed by atoms with Crippen LogP contribution >= 0.6 is 0 Å². The van der Waals surface area contributed by atoms with Crippen LogP contribution in [0.15, 0.2) is 12.2 Å². The van der Waals surface area contributed by atoms with Crippen molar-refractivity contribution in [2.75, 3.05) is 13.2 Å². The minimum absolute atomic E-state index is 0.0675. The van der Waals surface area contributed by atoms with Gasteiger partial charge in [-0.25, -0.2) is 0 Å². The molecule has 1 atom stereocenters. The van der Waals surface area contributed by atoms with E-state index in [2.05, 4.69) is 32.9 Å². The highest BCUT2D eigenvalue weighted by Gasteiger charge is 2.19. The van der Waals surface area contributed by atoms with Gasteiger partial charge in [-0.2, -0.15) is 0 Å². The summed E-state index contributed by atoms with van der Waals surface area (Å²) in [5, 5.41) is 0. The molecule has 63 heavy (non-hydrogen) atoms. The standard InChI is InChI=1S/C57H108O6/c1-4-7-10-13-16-19-22-25-28-29-30-33-35-38-41-44-47-50-56(59)62-53-54(63-57(60)51-48-45-42-39-36-32-27-24-21-18-15-12-9-6-3)52-61-55(58)49-46-43-40-37-34-31-26-23-20-17-14-11-8-5-2/h24,27,54H,4-23,25-26,28-53H2,1-3H3/b27-24+/t54-/m1/s1. The van der Waals surface area contributed by atoms with E-state index in [1.165, 1.54) is 212 Å². The molecule has 0 aliphatic rings. The number of carbonyl (C=O) groups excluding carboxylic acids is 3. The van der Waals surface area contributed by atoms with Gasteiger partial charge in [-0.15, -0.1) is 0 Å². The van der Waals surface area contributed by atoms with Crippen molar-refractivity contribution in [2.24, 2.45) is 0 Å². The second kappa shape index (κ2) is 52.8. The van der Waals surface area contributed by atoms with Crippen molar-refractivity contribution in [3.05, 3.63) is 12.2 Å². The summed E-state index contributed by atoms with van der Waals surface area (Å²) < 4.78 is 16.9. The molecule has 0 amide bonds. The summed E-state index contributed by atoms with van der Waals surface area (Å²) in [5.74, 6) is -0.853. The third kappa shape index (κ3) is 51.0. The molecule has 0 aromatic rings. The molecule has 0 aliphatic carbocycles. The first kappa shape index (κ1) is 61.1. The van der Waals surface area contributed by atoms with Crippen molar-refractivity contribution >= 4 is 17.9 Å². The molecule has 0 saturated carbocycles. The van der Waals surface area contributed by atoms with Crippen LogP contribution < -0.4 is 0 Å². The SMILES string of the molecule is CCCCCCC/C=C/CCCCCCCC(=O)O[C@H](COC(=O)CCCCCCCCCCCCCCCC)COC(=O)CCCCCCCCCCCCCCCCCCC. The predicted octanol–water partition coefficient (Wildman–Crippen LogP) is 18.5. The molecular formula is C57H108O6. The van der Waals surface area contributed by atoms with E-state index < -0.39 is 6.10 Å². The molecule has 0 radical (unpaired) electrons. The van der Waals surface area contributed by atoms with Crippen LogP contribution in [0.2, 0.25) is 0 Å². The fraction of sp³-hybridized carbons (Fsp3) is 0.912. The van der Waals surface area contributed by atoms with E-state index in [-0.39, 0.29) is 31.1 Å². The van der Waals surface area contributed by atoms with Crippen LogP contribution in [-0.4, -0.2) is 37.2 Å². The molecule has 0 heterocycles. The van der Waals surface area contributed by atoms with Crippen LogP contribution in [0.4, 0.5) is 0 Å². The van der Waals surface area contributed by atoms with Crippen molar-refractivity contribution in [2.45, 2.75) is 322 Å². The van der Waals surface area contributed by atoms with Gasteiger partial charge in [-0.05, 0) is 44.9 Å². The molecule has 372 valence electrons. The number of esters is 3. The predicted molar refractivity (Wildman–Crippen MR) is 270 cm³/mol. The second-order valence-corrected chi connectivity index (χ2v) is 19.2. The van der Waals surface area contributed by atoms with Crippen molar-refractivity contribution in [3.63, 3.8) is 0 Å². The molecule has 0 aliphatic heterocycles. The Morgan fingerprint density at radius 3 is 0.794 bits per heavy atom. The summed E-state index contributed by atoms with van der Waals surface area (Å²) in [7, 11) is 0. The monoisotopic (exact) mass is 889 g/mol. The number of rotatable bonds is 52. The molecule has 0 saturated heterocycles. The average Bonchev–Trinajstić information content (AvgIpc) is 3.28. The lowest BCUT2D eigenvalue weighted by Gasteiger charge is -2.18. The fourth-order valence-electron chi connectivity index (χ4n) is 8.50. The molecule has 0 aromatic heterocycles. The molecule has 0 bridgehead atoms. The third-order valence-corrected chi connectivity index (χ3v) is 12.8. The first-order valence-corrected chi connectivity index (χ1v) is 28.2. The first-order valence-electron chi connectivity index (χ1n) is 28.2. The van der Waals surface area contributed by atoms with Crippen LogP contribution in [0.1, 0.15) is 316 Å². The largest absolute Gasteiger partial charge is 0.462 e. The van der Waals surface area contributed by atoms with Crippen LogP contribution in [0.3, 0.4) is 0 Å². The Kier molecular flexibility index (Phi) is 51.2. The van der Waals surface area contributed by atoms with Crippen molar-refractivity contribution in [1.82, 2.24) is 0 Å². The molecule has 0 unspecified atom stereocenters. The van der Waals surface area contributed by atoms with Gasteiger partial charge in [-0.3, -0.25) is 14.4 Å². The maximum Gasteiger partial charge on any atom is 0.306 e. The number of carbonyl (C=O) groups is 3. The maximum atomic E-state index is 12.8. The first-order chi connectivity index (χ1) is 31.0. The summed E-state index contributed by atoms with van der Waals surface area (Å²) >= 11 is 0. The minimum Gasteiger partial charge on any atom is -0.462 e. The second-order valence-electron chi connectivity index (χ2n) is 19.2. The van der Waals surface area contributed by atoms with Crippen LogP contribution in [0, 0.1) is 0 Å². The van der Waals surface area contributed by atoms with Gasteiger partial charge >= 0.3 is 17.9 Å². The molecule has 0 rings (SSSR count). The highest BCUT2D eigenvalue weighted by Crippen LogP contribution is 2.17. The van der Waals surface area contributed by atoms with E-state index in [9.17, 15) is 14.4 Å². The topological polar surface area (TPSA) is 78.9 Å². The molecule has 0 fully saturated rings. The highest BCUT2D eigenvalue weighted by molar-refractivity contribution is 5.71. The zero-order valence-corrected chi connectivity index (χ0v) is 42.6. The molecule has 0 aromatic carbocycles. The summed E-state index contributed by atoms with van der Waals surface area (Å²) in [4.78, 5) is 38.1. The highest BCUT2D eigenvalue weighted by atomic mass is 16.6. The van der Waals surface area contributed by atoms with Crippen molar-refractivity contribution in [3.8, 4) is 0 Å². The van der Waals surface area contributed by atoms with Crippen molar-refractivity contribution < 1.29 is 28.6 Å². The van der Waals surface area contributed by atoms with Crippen LogP contribution in [0.5, 0.6) is 0 Å². The molecule has 6 heteroatoms. The molecular weight excluding hydrogens is 781 g/mol. The lowest BCUT2D eigenvalue weighted by Crippen LogP contribution is -2.30. The lowest BCUT2D eigenvalue weighted by molar-refractivity contribution is -0.167. The van der Waals surface area contributed by atoms with Crippen molar-refractivity contribution in [1.29, 1.82) is 0 Å². The zero-order chi connectivity index (χ0) is 45.8. The normalized spacial score (nSPS) is 12.0. The zero-order valence-electron chi connectivity index (χ0n) is 42.6. The number of hydrogen-bond acceptors (Lipinski definition) is 6. The van der Waals surface area contributed by atoms with Gasteiger partial charge in [-0.1, -0.05) is 264 Å². The Bertz CT molecular complexity index is 978. The summed E-state index contributed by atoms with van der Waals surface area (Å²) in [6.07, 6.45) is 59.1. The van der Waals surface area contributed by atoms with Gasteiger partial charge in [0.25, 0.3) is 0 Å². The molecule has 6 nitrogen and oxygen atoms in total. The molecule has 0 spiro atoms. The van der Waals surface area contributed by atoms with Gasteiger partial charge in [0.05, 0.1) is 0 Å². The summed E-state index contributed by atoms with van der Waals surface area (Å²) in [6, 6.07) is 0. The van der Waals surface area contributed by atoms with Gasteiger partial charge in [0, 0.05) is 19.3 Å². The average molecular weight is 889 g/mol. The van der Waals surface area contributed by atoms with Gasteiger partial charge < -0.3 is 14.2 Å². The lowest BCUT2D eigenvalue weighted by atomic mass is 10.0. The maximum absolute atomic E-state index is 12.8. The Morgan fingerprint density at radius 2 is 0.524 bits per heavy atom. The van der Waals surface area contributed by atoms with E-state index in [1.54, 1.807) is 0 Å². The Morgan fingerprint density at radius 1 is 0.302 bits per heavy atom. The number of unbranched alkanes of at least 4 members (excludes halogenated alkanes) is 39. The van der Waals surface area contributed by atoms with Gasteiger partial charge in [0.1, 0.15) is 13.2 Å². The van der Waals surface area contributed by atoms with Gasteiger partial charge in [0.15, 0.2) is 6.10 Å².